The van der Waals surface area contributed by atoms with Crippen LogP contribution in [-0.2, 0) is 24.4 Å². The lowest BCUT2D eigenvalue weighted by molar-refractivity contribution is 0.0801. The van der Waals surface area contributed by atoms with Crippen LogP contribution in [0.15, 0.2) is 22.9 Å². The minimum absolute atomic E-state index is 0.425. The van der Waals surface area contributed by atoms with Gasteiger partial charge in [0, 0.05) is 18.8 Å². The number of nitrogens with one attached hydrogen (secondary N) is 1. The van der Waals surface area contributed by atoms with Gasteiger partial charge < -0.3 is 15.2 Å². The number of hydrogen-bond acceptors (Lipinski definition) is 5. The summed E-state index contributed by atoms with van der Waals surface area (Å²) in [6, 6.07) is 1.95. The molecule has 2 N–H and O–H groups in total. The number of nitrogens with zero attached hydrogens (tertiary/aromatic N) is 4. The molecule has 3 heterocycles. The second-order valence-corrected chi connectivity index (χ2v) is 5.63. The van der Waals surface area contributed by atoms with Crippen molar-refractivity contribution in [2.45, 2.75) is 25.8 Å². The van der Waals surface area contributed by atoms with Crippen LogP contribution in [0.2, 0.25) is 0 Å². The third kappa shape index (κ3) is 3.20. The zero-order valence-corrected chi connectivity index (χ0v) is 12.5. The van der Waals surface area contributed by atoms with Gasteiger partial charge in [0.25, 0.3) is 0 Å². The van der Waals surface area contributed by atoms with Crippen LogP contribution in [0.4, 0.5) is 5.82 Å². The summed E-state index contributed by atoms with van der Waals surface area (Å²) in [5, 5.41) is 21.6. The van der Waals surface area contributed by atoms with Crippen LogP contribution in [0.3, 0.4) is 0 Å². The van der Waals surface area contributed by atoms with Crippen LogP contribution >= 0.6 is 15.9 Å². The number of anilines is 1. The molecule has 1 atom stereocenters. The van der Waals surface area contributed by atoms with Crippen molar-refractivity contribution in [2.75, 3.05) is 18.5 Å². The van der Waals surface area contributed by atoms with Crippen molar-refractivity contribution in [2.24, 2.45) is 0 Å². The van der Waals surface area contributed by atoms with E-state index in [0.717, 1.165) is 22.5 Å². The van der Waals surface area contributed by atoms with Crippen molar-refractivity contribution in [1.82, 2.24) is 19.6 Å². The number of aliphatic hydroxyl groups is 1. The lowest BCUT2D eigenvalue weighted by Crippen LogP contribution is -2.25. The van der Waals surface area contributed by atoms with Gasteiger partial charge in [-0.15, -0.1) is 0 Å². The van der Waals surface area contributed by atoms with Crippen LogP contribution in [0, 0.1) is 0 Å². The van der Waals surface area contributed by atoms with Crippen LogP contribution in [0.5, 0.6) is 0 Å². The molecule has 2 aromatic heterocycles. The molecule has 0 saturated carbocycles. The number of aliphatic hydroxyl groups excluding tert-OH is 1. The highest BCUT2D eigenvalue weighted by Gasteiger charge is 2.13. The maximum absolute atomic E-state index is 9.98. The summed E-state index contributed by atoms with van der Waals surface area (Å²) in [5.41, 5.74) is 1.06. The van der Waals surface area contributed by atoms with E-state index in [-0.39, 0.29) is 0 Å². The van der Waals surface area contributed by atoms with E-state index in [4.69, 9.17) is 4.74 Å². The molecule has 3 rings (SSSR count). The average molecular weight is 342 g/mol. The third-order valence-electron chi connectivity index (χ3n) is 3.08. The van der Waals surface area contributed by atoms with E-state index >= 15 is 0 Å². The molecule has 108 valence electrons. The van der Waals surface area contributed by atoms with Gasteiger partial charge in [0.15, 0.2) is 0 Å². The Hall–Kier alpha value is -1.38. The Balaban J connectivity index is 1.52. The molecule has 1 unspecified atom stereocenters. The lowest BCUT2D eigenvalue weighted by Gasteiger charge is -2.13. The second-order valence-electron chi connectivity index (χ2n) is 4.71. The first-order valence-corrected chi connectivity index (χ1v) is 7.24. The normalized spacial score (nSPS) is 15.9. The van der Waals surface area contributed by atoms with Gasteiger partial charge in [0.05, 0.1) is 48.8 Å². The van der Waals surface area contributed by atoms with Gasteiger partial charge in [-0.1, -0.05) is 0 Å². The summed E-state index contributed by atoms with van der Waals surface area (Å²) < 4.78 is 9.89. The summed E-state index contributed by atoms with van der Waals surface area (Å²) in [4.78, 5) is 0. The SMILES string of the molecule is OC(CNc1cc2n(n1)CCOC2)Cn1cc(Br)cn1. The van der Waals surface area contributed by atoms with Crippen LogP contribution in [-0.4, -0.2) is 43.9 Å². The smallest absolute Gasteiger partial charge is 0.148 e. The standard InChI is InChI=1S/C12H16BrN5O2/c13-9-4-15-17(6-9)7-11(19)5-14-12-3-10-8-20-2-1-18(10)16-12/h3-4,6,11,19H,1-2,5,7-8H2,(H,14,16). The minimum atomic E-state index is -0.531. The van der Waals surface area contributed by atoms with E-state index in [9.17, 15) is 5.11 Å². The van der Waals surface area contributed by atoms with E-state index in [0.29, 0.717) is 26.3 Å². The van der Waals surface area contributed by atoms with Crippen LogP contribution in [0.25, 0.3) is 0 Å². The molecule has 0 spiro atoms. The lowest BCUT2D eigenvalue weighted by atomic mass is 10.3. The fourth-order valence-electron chi connectivity index (χ4n) is 2.12. The number of aromatic nitrogens is 4. The Kier molecular flexibility index (Phi) is 4.04. The maximum Gasteiger partial charge on any atom is 0.148 e. The first-order chi connectivity index (χ1) is 9.70. The van der Waals surface area contributed by atoms with Crippen molar-refractivity contribution >= 4 is 21.7 Å². The van der Waals surface area contributed by atoms with Crippen molar-refractivity contribution in [3.8, 4) is 0 Å². The molecule has 0 bridgehead atoms. The highest BCUT2D eigenvalue weighted by molar-refractivity contribution is 9.10. The number of halogens is 1. The molecule has 0 aromatic carbocycles. The van der Waals surface area contributed by atoms with Crippen LogP contribution in [0.1, 0.15) is 5.69 Å². The molecule has 0 amide bonds. The number of hydrogen-bond donors (Lipinski definition) is 2. The summed E-state index contributed by atoms with van der Waals surface area (Å²) in [5.74, 6) is 0.770. The van der Waals surface area contributed by atoms with E-state index in [1.807, 2.05) is 16.9 Å². The summed E-state index contributed by atoms with van der Waals surface area (Å²) in [6.07, 6.45) is 3.00. The Labute approximate surface area is 124 Å². The summed E-state index contributed by atoms with van der Waals surface area (Å²) >= 11 is 3.33. The fourth-order valence-corrected chi connectivity index (χ4v) is 2.45. The zero-order chi connectivity index (χ0) is 13.9. The molecule has 0 aliphatic carbocycles. The van der Waals surface area contributed by atoms with Crippen molar-refractivity contribution in [3.05, 3.63) is 28.6 Å². The molecule has 20 heavy (non-hydrogen) atoms. The van der Waals surface area contributed by atoms with Crippen molar-refractivity contribution in [3.63, 3.8) is 0 Å². The van der Waals surface area contributed by atoms with E-state index in [1.54, 1.807) is 10.9 Å². The monoisotopic (exact) mass is 341 g/mol. The van der Waals surface area contributed by atoms with E-state index in [1.165, 1.54) is 0 Å². The van der Waals surface area contributed by atoms with Crippen molar-refractivity contribution < 1.29 is 9.84 Å². The van der Waals surface area contributed by atoms with Gasteiger partial charge in [-0.25, -0.2) is 0 Å². The first kappa shape index (κ1) is 13.6. The Bertz CT molecular complexity index is 559. The van der Waals surface area contributed by atoms with Gasteiger partial charge in [0.2, 0.25) is 0 Å². The van der Waals surface area contributed by atoms with Crippen LogP contribution < -0.4 is 5.32 Å². The molecule has 1 aliphatic heterocycles. The predicted molar refractivity (Wildman–Crippen MR) is 76.3 cm³/mol. The molecular formula is C12H16BrN5O2. The van der Waals surface area contributed by atoms with Gasteiger partial charge in [-0.2, -0.15) is 10.2 Å². The number of fused-ring (bicyclic) bond motifs is 1. The zero-order valence-electron chi connectivity index (χ0n) is 10.9. The largest absolute Gasteiger partial charge is 0.389 e. The highest BCUT2D eigenvalue weighted by Crippen LogP contribution is 2.14. The Morgan fingerprint density at radius 1 is 1.55 bits per heavy atom. The van der Waals surface area contributed by atoms with E-state index in [2.05, 4.69) is 31.4 Å². The third-order valence-corrected chi connectivity index (χ3v) is 3.49. The Morgan fingerprint density at radius 3 is 3.20 bits per heavy atom. The second kappa shape index (κ2) is 5.94. The molecule has 2 aromatic rings. The number of ether oxygens (including phenoxy) is 1. The minimum Gasteiger partial charge on any atom is -0.389 e. The molecule has 7 nitrogen and oxygen atoms in total. The molecule has 8 heteroatoms. The molecule has 0 saturated heterocycles. The predicted octanol–water partition coefficient (Wildman–Crippen LogP) is 0.845. The maximum atomic E-state index is 9.98. The average Bonchev–Trinajstić information content (AvgIpc) is 3.02. The molecule has 0 fully saturated rings. The summed E-state index contributed by atoms with van der Waals surface area (Å²) in [6.45, 7) is 2.94. The van der Waals surface area contributed by atoms with Gasteiger partial charge >= 0.3 is 0 Å². The van der Waals surface area contributed by atoms with Gasteiger partial charge in [-0.05, 0) is 15.9 Å². The van der Waals surface area contributed by atoms with Gasteiger partial charge in [-0.3, -0.25) is 9.36 Å². The topological polar surface area (TPSA) is 77.1 Å². The highest BCUT2D eigenvalue weighted by atomic mass is 79.9. The molecule has 0 radical (unpaired) electrons. The van der Waals surface area contributed by atoms with Crippen molar-refractivity contribution in [1.29, 1.82) is 0 Å². The molecular weight excluding hydrogens is 326 g/mol. The number of rotatable bonds is 5. The first-order valence-electron chi connectivity index (χ1n) is 6.45. The Morgan fingerprint density at radius 2 is 2.45 bits per heavy atom. The quantitative estimate of drug-likeness (QED) is 0.842. The van der Waals surface area contributed by atoms with E-state index < -0.39 is 6.10 Å². The fraction of sp³-hybridized carbons (Fsp3) is 0.500. The molecule has 1 aliphatic rings. The van der Waals surface area contributed by atoms with Gasteiger partial charge in [0.1, 0.15) is 5.82 Å². The summed E-state index contributed by atoms with van der Waals surface area (Å²) in [7, 11) is 0.